The summed E-state index contributed by atoms with van der Waals surface area (Å²) in [6.07, 6.45) is 1.65. The van der Waals surface area contributed by atoms with E-state index in [0.717, 1.165) is 27.5 Å². The monoisotopic (exact) mass is 351 g/mol. The fourth-order valence-electron chi connectivity index (χ4n) is 2.36. The summed E-state index contributed by atoms with van der Waals surface area (Å²) in [7, 11) is 0. The molecule has 5 heteroatoms. The summed E-state index contributed by atoms with van der Waals surface area (Å²) in [5, 5.41) is 6.83. The van der Waals surface area contributed by atoms with Crippen LogP contribution in [0.3, 0.4) is 0 Å². The van der Waals surface area contributed by atoms with E-state index in [1.807, 2.05) is 61.5 Å². The normalized spacial score (nSPS) is 10.3. The molecule has 0 unspecified atom stereocenters. The Balaban J connectivity index is 1.59. The van der Waals surface area contributed by atoms with Crippen LogP contribution in [0, 0.1) is 6.92 Å². The first kappa shape index (κ1) is 17.0. The first-order chi connectivity index (χ1) is 12.1. The average molecular weight is 352 g/mol. The molecule has 0 bridgehead atoms. The van der Waals surface area contributed by atoms with Gasteiger partial charge in [-0.25, -0.2) is 4.98 Å². The van der Waals surface area contributed by atoms with Crippen LogP contribution in [0.4, 0.5) is 11.4 Å². The molecule has 1 heterocycles. The molecule has 0 spiro atoms. The van der Waals surface area contributed by atoms with Gasteiger partial charge in [0, 0.05) is 17.3 Å². The van der Waals surface area contributed by atoms with Crippen molar-refractivity contribution in [2.24, 2.45) is 0 Å². The number of aryl methyl sites for hydroxylation is 1. The van der Waals surface area contributed by atoms with Crippen LogP contribution in [-0.2, 0) is 6.54 Å². The van der Waals surface area contributed by atoms with Gasteiger partial charge in [0.15, 0.2) is 0 Å². The van der Waals surface area contributed by atoms with E-state index in [0.29, 0.717) is 12.2 Å². The number of pyridine rings is 1. The first-order valence-electron chi connectivity index (χ1n) is 7.92. The van der Waals surface area contributed by atoms with E-state index in [1.54, 1.807) is 12.3 Å². The average Bonchev–Trinajstić information content (AvgIpc) is 2.62. The van der Waals surface area contributed by atoms with Crippen molar-refractivity contribution in [3.63, 3.8) is 0 Å². The Morgan fingerprint density at radius 3 is 2.52 bits per heavy atom. The van der Waals surface area contributed by atoms with E-state index in [9.17, 15) is 4.79 Å². The zero-order chi connectivity index (χ0) is 17.6. The minimum absolute atomic E-state index is 0.227. The number of carbonyl (C=O) groups excluding carboxylic acids is 1. The van der Waals surface area contributed by atoms with Gasteiger partial charge >= 0.3 is 0 Å². The van der Waals surface area contributed by atoms with Crippen molar-refractivity contribution >= 4 is 28.9 Å². The van der Waals surface area contributed by atoms with Gasteiger partial charge in [0.25, 0.3) is 5.91 Å². The second-order valence-electron chi connectivity index (χ2n) is 5.74. The van der Waals surface area contributed by atoms with E-state index in [4.69, 9.17) is 11.6 Å². The lowest BCUT2D eigenvalue weighted by atomic mass is 10.2. The molecule has 1 aromatic heterocycles. The highest BCUT2D eigenvalue weighted by molar-refractivity contribution is 6.30. The molecule has 126 valence electrons. The van der Waals surface area contributed by atoms with E-state index in [-0.39, 0.29) is 5.91 Å². The van der Waals surface area contributed by atoms with Crippen molar-refractivity contribution in [3.05, 3.63) is 88.7 Å². The van der Waals surface area contributed by atoms with Crippen LogP contribution in [0.2, 0.25) is 5.02 Å². The summed E-state index contributed by atoms with van der Waals surface area (Å²) >= 11 is 5.87. The maximum Gasteiger partial charge on any atom is 0.274 e. The molecule has 0 atom stereocenters. The van der Waals surface area contributed by atoms with E-state index in [1.165, 1.54) is 0 Å². The van der Waals surface area contributed by atoms with Crippen LogP contribution in [0.1, 0.15) is 21.6 Å². The molecule has 2 N–H and O–H groups in total. The van der Waals surface area contributed by atoms with Gasteiger partial charge in [0.05, 0.1) is 11.9 Å². The maximum atomic E-state index is 12.2. The predicted molar refractivity (Wildman–Crippen MR) is 102 cm³/mol. The molecule has 4 nitrogen and oxygen atoms in total. The van der Waals surface area contributed by atoms with Gasteiger partial charge in [-0.05, 0) is 54.4 Å². The van der Waals surface area contributed by atoms with Crippen molar-refractivity contribution in [1.82, 2.24) is 4.98 Å². The molecule has 0 aliphatic heterocycles. The first-order valence-corrected chi connectivity index (χ1v) is 8.30. The number of aromatic nitrogens is 1. The Labute approximate surface area is 151 Å². The Hall–Kier alpha value is -2.85. The number of amides is 1. The van der Waals surface area contributed by atoms with Gasteiger partial charge in [-0.15, -0.1) is 0 Å². The highest BCUT2D eigenvalue weighted by atomic mass is 35.5. The number of rotatable bonds is 5. The number of benzene rings is 2. The van der Waals surface area contributed by atoms with Gasteiger partial charge in [-0.2, -0.15) is 0 Å². The minimum Gasteiger partial charge on any atom is -0.380 e. The zero-order valence-electron chi connectivity index (χ0n) is 13.8. The number of anilines is 2. The second-order valence-corrected chi connectivity index (χ2v) is 6.17. The molecule has 0 aliphatic rings. The SMILES string of the molecule is Cc1cccc(NC(=O)c2ccc(NCc3ccc(Cl)cc3)cn2)c1. The summed E-state index contributed by atoms with van der Waals surface area (Å²) in [5.41, 5.74) is 4.19. The summed E-state index contributed by atoms with van der Waals surface area (Å²) in [6, 6.07) is 18.8. The van der Waals surface area contributed by atoms with Crippen LogP contribution in [0.25, 0.3) is 0 Å². The number of hydrogen-bond donors (Lipinski definition) is 2. The van der Waals surface area contributed by atoms with Crippen molar-refractivity contribution < 1.29 is 4.79 Å². The van der Waals surface area contributed by atoms with Gasteiger partial charge in [-0.1, -0.05) is 35.9 Å². The highest BCUT2D eigenvalue weighted by Gasteiger charge is 2.07. The molecule has 3 rings (SSSR count). The van der Waals surface area contributed by atoms with E-state index < -0.39 is 0 Å². The molecule has 0 aliphatic carbocycles. The molecule has 25 heavy (non-hydrogen) atoms. The van der Waals surface area contributed by atoms with Crippen LogP contribution in [0.15, 0.2) is 66.9 Å². The zero-order valence-corrected chi connectivity index (χ0v) is 14.5. The lowest BCUT2D eigenvalue weighted by Crippen LogP contribution is -2.13. The predicted octanol–water partition coefficient (Wildman–Crippen LogP) is 4.91. The smallest absolute Gasteiger partial charge is 0.274 e. The Morgan fingerprint density at radius 1 is 1.04 bits per heavy atom. The molecule has 2 aromatic carbocycles. The van der Waals surface area contributed by atoms with Crippen molar-refractivity contribution in [2.75, 3.05) is 10.6 Å². The number of nitrogens with one attached hydrogen (secondary N) is 2. The second kappa shape index (κ2) is 7.81. The minimum atomic E-state index is -0.227. The topological polar surface area (TPSA) is 54.0 Å². The van der Waals surface area contributed by atoms with Crippen LogP contribution < -0.4 is 10.6 Å². The standard InChI is InChI=1S/C20H18ClN3O/c1-14-3-2-4-17(11-14)24-20(25)19-10-9-18(13-23-19)22-12-15-5-7-16(21)8-6-15/h2-11,13,22H,12H2,1H3,(H,24,25). The molecule has 0 radical (unpaired) electrons. The lowest BCUT2D eigenvalue weighted by Gasteiger charge is -2.08. The van der Waals surface area contributed by atoms with Crippen molar-refractivity contribution in [1.29, 1.82) is 0 Å². The van der Waals surface area contributed by atoms with Gasteiger partial charge < -0.3 is 10.6 Å². The quantitative estimate of drug-likeness (QED) is 0.686. The van der Waals surface area contributed by atoms with Crippen LogP contribution >= 0.6 is 11.6 Å². The van der Waals surface area contributed by atoms with Crippen molar-refractivity contribution in [3.8, 4) is 0 Å². The van der Waals surface area contributed by atoms with Gasteiger partial charge in [0.2, 0.25) is 0 Å². The maximum absolute atomic E-state index is 12.2. The number of hydrogen-bond acceptors (Lipinski definition) is 3. The van der Waals surface area contributed by atoms with Crippen molar-refractivity contribution in [2.45, 2.75) is 13.5 Å². The Morgan fingerprint density at radius 2 is 1.84 bits per heavy atom. The largest absolute Gasteiger partial charge is 0.380 e. The van der Waals surface area contributed by atoms with E-state index >= 15 is 0 Å². The number of nitrogens with zero attached hydrogens (tertiary/aromatic N) is 1. The summed E-state index contributed by atoms with van der Waals surface area (Å²) < 4.78 is 0. The van der Waals surface area contributed by atoms with E-state index in [2.05, 4.69) is 15.6 Å². The van der Waals surface area contributed by atoms with Crippen LogP contribution in [-0.4, -0.2) is 10.9 Å². The third-order valence-electron chi connectivity index (χ3n) is 3.68. The molecule has 0 saturated heterocycles. The molecule has 0 saturated carbocycles. The third-order valence-corrected chi connectivity index (χ3v) is 3.93. The molecule has 1 amide bonds. The molecular formula is C20H18ClN3O. The Bertz CT molecular complexity index is 861. The molecular weight excluding hydrogens is 334 g/mol. The lowest BCUT2D eigenvalue weighted by molar-refractivity contribution is 0.102. The third kappa shape index (κ3) is 4.81. The highest BCUT2D eigenvalue weighted by Crippen LogP contribution is 2.14. The fraction of sp³-hybridized carbons (Fsp3) is 0.100. The molecule has 0 fully saturated rings. The number of halogens is 1. The van der Waals surface area contributed by atoms with Gasteiger partial charge in [-0.3, -0.25) is 4.79 Å². The number of carbonyl (C=O) groups is 1. The van der Waals surface area contributed by atoms with Crippen LogP contribution in [0.5, 0.6) is 0 Å². The summed E-state index contributed by atoms with van der Waals surface area (Å²) in [5.74, 6) is -0.227. The molecule has 3 aromatic rings. The Kier molecular flexibility index (Phi) is 5.31. The van der Waals surface area contributed by atoms with Gasteiger partial charge in [0.1, 0.15) is 5.69 Å². The summed E-state index contributed by atoms with van der Waals surface area (Å²) in [4.78, 5) is 16.5. The summed E-state index contributed by atoms with van der Waals surface area (Å²) in [6.45, 7) is 2.64. The fourth-order valence-corrected chi connectivity index (χ4v) is 2.48.